The van der Waals surface area contributed by atoms with E-state index in [0.717, 1.165) is 22.4 Å². The lowest BCUT2D eigenvalue weighted by Crippen LogP contribution is -2.21. The second-order valence-corrected chi connectivity index (χ2v) is 7.12. The number of fused-ring (bicyclic) bond motifs is 1. The van der Waals surface area contributed by atoms with Gasteiger partial charge in [0.2, 0.25) is 0 Å². The van der Waals surface area contributed by atoms with Gasteiger partial charge < -0.3 is 0 Å². The maximum absolute atomic E-state index is 13.0. The van der Waals surface area contributed by atoms with Crippen LogP contribution in [-0.4, -0.2) is 26.5 Å². The number of aromatic nitrogens is 3. The molecule has 0 radical (unpaired) electrons. The summed E-state index contributed by atoms with van der Waals surface area (Å²) >= 11 is 0. The molecule has 2 heterocycles. The Labute approximate surface area is 162 Å². The van der Waals surface area contributed by atoms with Crippen molar-refractivity contribution in [3.63, 3.8) is 0 Å². The van der Waals surface area contributed by atoms with Gasteiger partial charge in [0.05, 0.1) is 11.4 Å². The zero-order valence-electron chi connectivity index (χ0n) is 15.8. The fourth-order valence-electron chi connectivity index (χ4n) is 3.32. The van der Waals surface area contributed by atoms with Gasteiger partial charge in [-0.25, -0.2) is 13.9 Å². The maximum atomic E-state index is 13.0. The highest BCUT2D eigenvalue weighted by atomic mass is 19.1. The smallest absolute Gasteiger partial charge is 0.272 e. The summed E-state index contributed by atoms with van der Waals surface area (Å²) in [5.74, 6) is -0.247. The normalized spacial score (nSPS) is 11.4. The van der Waals surface area contributed by atoms with Crippen molar-refractivity contribution in [3.8, 4) is 11.3 Å². The molecule has 0 amide bonds. The molecule has 28 heavy (non-hydrogen) atoms. The standard InChI is InChI=1S/C22H21FN4O/c1-15-4-3-5-17(10-15)20-12-21-24-19(11-22(28)27(21)25-20)14-26(2)13-16-6-8-18(23)9-7-16/h3-12,25H,13-14H2,1-2H3. The Morgan fingerprint density at radius 1 is 1.07 bits per heavy atom. The Balaban J connectivity index is 1.58. The van der Waals surface area contributed by atoms with Crippen molar-refractivity contribution in [2.75, 3.05) is 7.05 Å². The molecule has 6 heteroatoms. The number of H-pyrrole nitrogens is 1. The third-order valence-corrected chi connectivity index (χ3v) is 4.63. The molecule has 142 valence electrons. The third-order valence-electron chi connectivity index (χ3n) is 4.63. The highest BCUT2D eigenvalue weighted by Crippen LogP contribution is 2.19. The maximum Gasteiger partial charge on any atom is 0.272 e. The van der Waals surface area contributed by atoms with Gasteiger partial charge in [-0.2, -0.15) is 0 Å². The van der Waals surface area contributed by atoms with Crippen molar-refractivity contribution in [1.82, 2.24) is 19.5 Å². The Morgan fingerprint density at radius 3 is 2.61 bits per heavy atom. The third kappa shape index (κ3) is 3.87. The highest BCUT2D eigenvalue weighted by Gasteiger charge is 2.10. The van der Waals surface area contributed by atoms with Crippen LogP contribution in [0.2, 0.25) is 0 Å². The van der Waals surface area contributed by atoms with Gasteiger partial charge in [0, 0.05) is 25.2 Å². The Kier molecular flexibility index (Phi) is 4.79. The fraction of sp³-hybridized carbons (Fsp3) is 0.182. The molecule has 0 aliphatic heterocycles. The van der Waals surface area contributed by atoms with Gasteiger partial charge >= 0.3 is 0 Å². The number of nitrogens with one attached hydrogen (secondary N) is 1. The van der Waals surface area contributed by atoms with E-state index < -0.39 is 0 Å². The Morgan fingerprint density at radius 2 is 1.86 bits per heavy atom. The van der Waals surface area contributed by atoms with E-state index in [1.54, 1.807) is 18.2 Å². The molecule has 2 aromatic heterocycles. The van der Waals surface area contributed by atoms with Crippen molar-refractivity contribution >= 4 is 5.65 Å². The zero-order valence-corrected chi connectivity index (χ0v) is 15.8. The lowest BCUT2D eigenvalue weighted by molar-refractivity contribution is 0.315. The first-order chi connectivity index (χ1) is 13.5. The first-order valence-electron chi connectivity index (χ1n) is 9.10. The minimum atomic E-state index is -0.247. The van der Waals surface area contributed by atoms with Crippen molar-refractivity contribution in [2.45, 2.75) is 20.0 Å². The van der Waals surface area contributed by atoms with Gasteiger partial charge in [0.25, 0.3) is 5.56 Å². The number of aromatic amines is 1. The summed E-state index contributed by atoms with van der Waals surface area (Å²) in [5, 5.41) is 3.13. The summed E-state index contributed by atoms with van der Waals surface area (Å²) < 4.78 is 14.5. The lowest BCUT2D eigenvalue weighted by atomic mass is 10.1. The van der Waals surface area contributed by atoms with Crippen molar-refractivity contribution in [3.05, 3.63) is 93.7 Å². The zero-order chi connectivity index (χ0) is 19.7. The molecule has 0 bridgehead atoms. The van der Waals surface area contributed by atoms with Crippen molar-refractivity contribution < 1.29 is 4.39 Å². The number of aryl methyl sites for hydroxylation is 1. The van der Waals surface area contributed by atoms with Crippen LogP contribution in [0.15, 0.2) is 65.5 Å². The van der Waals surface area contributed by atoms with E-state index in [9.17, 15) is 9.18 Å². The van der Waals surface area contributed by atoms with Gasteiger partial charge in [-0.15, -0.1) is 0 Å². The van der Waals surface area contributed by atoms with Crippen LogP contribution in [0.3, 0.4) is 0 Å². The van der Waals surface area contributed by atoms with E-state index in [1.807, 2.05) is 43.1 Å². The first-order valence-corrected chi connectivity index (χ1v) is 9.10. The topological polar surface area (TPSA) is 53.4 Å². The second-order valence-electron chi connectivity index (χ2n) is 7.12. The van der Waals surface area contributed by atoms with E-state index in [-0.39, 0.29) is 11.4 Å². The molecule has 1 N–H and O–H groups in total. The number of hydrogen-bond acceptors (Lipinski definition) is 3. The van der Waals surface area contributed by atoms with Gasteiger partial charge in [0.15, 0.2) is 5.65 Å². The molecule has 0 aliphatic rings. The molecule has 0 aliphatic carbocycles. The molecule has 0 unspecified atom stereocenters. The predicted octanol–water partition coefficient (Wildman–Crippen LogP) is 3.77. The van der Waals surface area contributed by atoms with Crippen molar-refractivity contribution in [1.29, 1.82) is 0 Å². The molecule has 5 nitrogen and oxygen atoms in total. The van der Waals surface area contributed by atoms with E-state index in [2.05, 4.69) is 16.1 Å². The van der Waals surface area contributed by atoms with Crippen LogP contribution in [0.25, 0.3) is 16.9 Å². The van der Waals surface area contributed by atoms with Crippen LogP contribution in [-0.2, 0) is 13.1 Å². The summed E-state index contributed by atoms with van der Waals surface area (Å²) in [6, 6.07) is 17.9. The molecule has 0 atom stereocenters. The van der Waals surface area contributed by atoms with Crippen LogP contribution in [0, 0.1) is 12.7 Å². The first kappa shape index (κ1) is 18.1. The van der Waals surface area contributed by atoms with Crippen LogP contribution in [0.4, 0.5) is 4.39 Å². The van der Waals surface area contributed by atoms with Gasteiger partial charge in [-0.05, 0) is 43.3 Å². The summed E-state index contributed by atoms with van der Waals surface area (Å²) in [5.41, 5.74) is 5.17. The molecule has 0 fully saturated rings. The summed E-state index contributed by atoms with van der Waals surface area (Å²) in [7, 11) is 1.95. The molecule has 0 saturated carbocycles. The molecule has 4 aromatic rings. The number of benzene rings is 2. The largest absolute Gasteiger partial charge is 0.296 e. The van der Waals surface area contributed by atoms with E-state index in [0.29, 0.717) is 24.4 Å². The van der Waals surface area contributed by atoms with Crippen LogP contribution < -0.4 is 5.56 Å². The SMILES string of the molecule is Cc1cccc(-c2cc3nc(CN(C)Cc4ccc(F)cc4)cc(=O)n3[nH]2)c1. The average Bonchev–Trinajstić information content (AvgIpc) is 3.08. The van der Waals surface area contributed by atoms with Gasteiger partial charge in [-0.1, -0.05) is 35.9 Å². The second kappa shape index (κ2) is 7.40. The van der Waals surface area contributed by atoms with Gasteiger partial charge in [-0.3, -0.25) is 14.8 Å². The Hall–Kier alpha value is -3.25. The van der Waals surface area contributed by atoms with E-state index in [4.69, 9.17) is 0 Å². The minimum Gasteiger partial charge on any atom is -0.296 e. The van der Waals surface area contributed by atoms with Crippen molar-refractivity contribution in [2.24, 2.45) is 0 Å². The number of rotatable bonds is 5. The Bertz CT molecular complexity index is 1180. The minimum absolute atomic E-state index is 0.144. The summed E-state index contributed by atoms with van der Waals surface area (Å²) in [6.45, 7) is 3.20. The number of hydrogen-bond donors (Lipinski definition) is 1. The highest BCUT2D eigenvalue weighted by molar-refractivity contribution is 5.64. The monoisotopic (exact) mass is 376 g/mol. The van der Waals surface area contributed by atoms with E-state index >= 15 is 0 Å². The van der Waals surface area contributed by atoms with E-state index in [1.165, 1.54) is 16.6 Å². The predicted molar refractivity (Wildman–Crippen MR) is 108 cm³/mol. The van der Waals surface area contributed by atoms with Crippen LogP contribution >= 0.6 is 0 Å². The number of nitrogens with zero attached hydrogens (tertiary/aromatic N) is 3. The molecule has 0 spiro atoms. The lowest BCUT2D eigenvalue weighted by Gasteiger charge is -2.16. The molecular weight excluding hydrogens is 355 g/mol. The quantitative estimate of drug-likeness (QED) is 0.577. The number of halogens is 1. The van der Waals surface area contributed by atoms with Crippen LogP contribution in [0.1, 0.15) is 16.8 Å². The van der Waals surface area contributed by atoms with Gasteiger partial charge in [0.1, 0.15) is 5.82 Å². The molecule has 4 rings (SSSR count). The summed E-state index contributed by atoms with van der Waals surface area (Å²) in [6.07, 6.45) is 0. The molecule has 2 aromatic carbocycles. The van der Waals surface area contributed by atoms with Crippen LogP contribution in [0.5, 0.6) is 0 Å². The average molecular weight is 376 g/mol. The molecule has 0 saturated heterocycles. The molecular formula is C22H21FN4O. The summed E-state index contributed by atoms with van der Waals surface area (Å²) in [4.78, 5) is 19.2. The fourth-order valence-corrected chi connectivity index (χ4v) is 3.32.